The fourth-order valence-electron chi connectivity index (χ4n) is 3.16. The van der Waals surface area contributed by atoms with Crippen molar-refractivity contribution in [1.82, 2.24) is 14.7 Å². The third-order valence-electron chi connectivity index (χ3n) is 4.45. The molecule has 0 radical (unpaired) electrons. The first-order valence-corrected chi connectivity index (χ1v) is 8.97. The van der Waals surface area contributed by atoms with Gasteiger partial charge in [-0.15, -0.1) is 0 Å². The Morgan fingerprint density at radius 2 is 1.78 bits per heavy atom. The van der Waals surface area contributed by atoms with Gasteiger partial charge in [0.05, 0.1) is 11.9 Å². The summed E-state index contributed by atoms with van der Waals surface area (Å²) >= 11 is 0. The van der Waals surface area contributed by atoms with E-state index in [-0.39, 0.29) is 12.5 Å². The van der Waals surface area contributed by atoms with Gasteiger partial charge in [-0.3, -0.25) is 4.79 Å². The van der Waals surface area contributed by atoms with Crippen LogP contribution in [0.1, 0.15) is 22.3 Å². The largest absolute Gasteiger partial charge is 0.483 e. The van der Waals surface area contributed by atoms with Crippen molar-refractivity contribution in [3.05, 3.63) is 77.1 Å². The van der Waals surface area contributed by atoms with Crippen LogP contribution in [-0.4, -0.2) is 34.2 Å². The van der Waals surface area contributed by atoms with Crippen molar-refractivity contribution in [1.29, 1.82) is 0 Å². The molecule has 3 rings (SSSR count). The van der Waals surface area contributed by atoms with Crippen molar-refractivity contribution >= 4 is 5.91 Å². The number of carbonyl (C=O) groups excluding carboxylic acids is 1. The van der Waals surface area contributed by atoms with Crippen molar-refractivity contribution in [2.24, 2.45) is 0 Å². The maximum atomic E-state index is 12.5. The van der Waals surface area contributed by atoms with Gasteiger partial charge in [0.2, 0.25) is 0 Å². The summed E-state index contributed by atoms with van der Waals surface area (Å²) in [5.74, 6) is 0.723. The summed E-state index contributed by atoms with van der Waals surface area (Å²) < 4.78 is 7.61. The Labute approximate surface area is 160 Å². The van der Waals surface area contributed by atoms with Crippen LogP contribution in [0.5, 0.6) is 5.75 Å². The highest BCUT2D eigenvalue weighted by atomic mass is 16.5. The lowest BCUT2D eigenvalue weighted by Crippen LogP contribution is -2.31. The number of hydrogen-bond donors (Lipinski definition) is 0. The van der Waals surface area contributed by atoms with E-state index in [1.54, 1.807) is 18.1 Å². The molecule has 0 aliphatic rings. The number of nitrogens with zero attached hydrogens (tertiary/aromatic N) is 3. The van der Waals surface area contributed by atoms with Crippen molar-refractivity contribution in [3.8, 4) is 11.4 Å². The fraction of sp³-hybridized carbons (Fsp3) is 0.273. The zero-order valence-electron chi connectivity index (χ0n) is 16.3. The monoisotopic (exact) mass is 363 g/mol. The van der Waals surface area contributed by atoms with E-state index in [4.69, 9.17) is 4.74 Å². The highest BCUT2D eigenvalue weighted by Gasteiger charge is 2.13. The molecule has 1 aromatic heterocycles. The van der Waals surface area contributed by atoms with E-state index in [9.17, 15) is 4.79 Å². The number of amides is 1. The fourth-order valence-corrected chi connectivity index (χ4v) is 3.16. The van der Waals surface area contributed by atoms with Gasteiger partial charge < -0.3 is 9.64 Å². The van der Waals surface area contributed by atoms with E-state index < -0.39 is 0 Å². The molecule has 5 nitrogen and oxygen atoms in total. The van der Waals surface area contributed by atoms with Crippen molar-refractivity contribution in [2.45, 2.75) is 27.3 Å². The SMILES string of the molecule is Cc1cc(C)c(OCC(=O)N(C)Cc2cnn(-c3ccccc3)c2)c(C)c1. The molecule has 0 spiro atoms. The Hall–Kier alpha value is -3.08. The molecule has 0 unspecified atom stereocenters. The number of carbonyl (C=O) groups is 1. The molecule has 3 aromatic rings. The molecule has 0 bridgehead atoms. The first kappa shape index (κ1) is 18.7. The summed E-state index contributed by atoms with van der Waals surface area (Å²) in [6.07, 6.45) is 3.72. The van der Waals surface area contributed by atoms with Gasteiger partial charge in [-0.1, -0.05) is 35.9 Å². The van der Waals surface area contributed by atoms with Crippen LogP contribution >= 0.6 is 0 Å². The van der Waals surface area contributed by atoms with Gasteiger partial charge >= 0.3 is 0 Å². The van der Waals surface area contributed by atoms with Gasteiger partial charge in [-0.25, -0.2) is 4.68 Å². The standard InChI is InChI=1S/C22H25N3O2/c1-16-10-17(2)22(18(3)11-16)27-15-21(26)24(4)13-19-12-23-25(14-19)20-8-6-5-7-9-20/h5-12,14H,13,15H2,1-4H3. The number of benzene rings is 2. The van der Waals surface area contributed by atoms with Gasteiger partial charge in [0.15, 0.2) is 6.61 Å². The summed E-state index contributed by atoms with van der Waals surface area (Å²) in [6.45, 7) is 6.57. The van der Waals surface area contributed by atoms with E-state index >= 15 is 0 Å². The number of aromatic nitrogens is 2. The van der Waals surface area contributed by atoms with Crippen LogP contribution in [0.4, 0.5) is 0 Å². The second-order valence-corrected chi connectivity index (χ2v) is 6.90. The zero-order valence-corrected chi connectivity index (χ0v) is 16.3. The predicted octanol–water partition coefficient (Wildman–Crippen LogP) is 3.83. The summed E-state index contributed by atoms with van der Waals surface area (Å²) in [7, 11) is 1.78. The van der Waals surface area contributed by atoms with Gasteiger partial charge in [0, 0.05) is 25.4 Å². The predicted molar refractivity (Wildman–Crippen MR) is 106 cm³/mol. The second kappa shape index (κ2) is 8.08. The third kappa shape index (κ3) is 4.56. The number of para-hydroxylation sites is 1. The summed E-state index contributed by atoms with van der Waals surface area (Å²) in [6, 6.07) is 14.0. The zero-order chi connectivity index (χ0) is 19.4. The normalized spacial score (nSPS) is 10.7. The van der Waals surface area contributed by atoms with Crippen LogP contribution in [0, 0.1) is 20.8 Å². The average Bonchev–Trinajstić information content (AvgIpc) is 3.09. The molecule has 0 atom stereocenters. The smallest absolute Gasteiger partial charge is 0.260 e. The van der Waals surface area contributed by atoms with E-state index in [2.05, 4.69) is 24.2 Å². The molecule has 0 aliphatic heterocycles. The van der Waals surface area contributed by atoms with E-state index in [0.717, 1.165) is 28.1 Å². The van der Waals surface area contributed by atoms with Crippen molar-refractivity contribution in [2.75, 3.05) is 13.7 Å². The third-order valence-corrected chi connectivity index (χ3v) is 4.45. The molecule has 5 heteroatoms. The Balaban J connectivity index is 1.59. The van der Waals surface area contributed by atoms with Crippen LogP contribution in [0.2, 0.25) is 0 Å². The molecule has 0 N–H and O–H groups in total. The molecular formula is C22H25N3O2. The topological polar surface area (TPSA) is 47.4 Å². The van der Waals surface area contributed by atoms with E-state index in [1.807, 2.05) is 55.1 Å². The van der Waals surface area contributed by atoms with Crippen molar-refractivity contribution < 1.29 is 9.53 Å². The summed E-state index contributed by atoms with van der Waals surface area (Å²) in [5.41, 5.74) is 5.25. The number of likely N-dealkylation sites (N-methyl/N-ethyl adjacent to an activating group) is 1. The number of aryl methyl sites for hydroxylation is 3. The number of rotatable bonds is 6. The van der Waals surface area contributed by atoms with Crippen molar-refractivity contribution in [3.63, 3.8) is 0 Å². The first-order valence-electron chi connectivity index (χ1n) is 8.97. The lowest BCUT2D eigenvalue weighted by atomic mass is 10.1. The maximum absolute atomic E-state index is 12.5. The molecule has 27 heavy (non-hydrogen) atoms. The summed E-state index contributed by atoms with van der Waals surface area (Å²) in [4.78, 5) is 14.1. The van der Waals surface area contributed by atoms with Crippen LogP contribution in [0.15, 0.2) is 54.9 Å². The molecule has 0 saturated heterocycles. The lowest BCUT2D eigenvalue weighted by molar-refractivity contribution is -0.132. The van der Waals surface area contributed by atoms with Crippen LogP contribution in [0.25, 0.3) is 5.69 Å². The molecular weight excluding hydrogens is 338 g/mol. The summed E-state index contributed by atoms with van der Waals surface area (Å²) in [5, 5.41) is 4.37. The molecule has 140 valence electrons. The van der Waals surface area contributed by atoms with E-state index in [1.165, 1.54) is 5.56 Å². The minimum Gasteiger partial charge on any atom is -0.483 e. The van der Waals surface area contributed by atoms with E-state index in [0.29, 0.717) is 6.54 Å². The molecule has 2 aromatic carbocycles. The highest BCUT2D eigenvalue weighted by molar-refractivity contribution is 5.77. The first-order chi connectivity index (χ1) is 12.9. The van der Waals surface area contributed by atoms with Gasteiger partial charge in [-0.2, -0.15) is 5.10 Å². The molecule has 1 heterocycles. The molecule has 0 aliphatic carbocycles. The maximum Gasteiger partial charge on any atom is 0.260 e. The van der Waals surface area contributed by atoms with Gasteiger partial charge in [0.25, 0.3) is 5.91 Å². The molecule has 0 saturated carbocycles. The molecule has 1 amide bonds. The van der Waals surface area contributed by atoms with Crippen LogP contribution in [-0.2, 0) is 11.3 Å². The van der Waals surface area contributed by atoms with Gasteiger partial charge in [-0.05, 0) is 44.0 Å². The lowest BCUT2D eigenvalue weighted by Gasteiger charge is -2.18. The van der Waals surface area contributed by atoms with Gasteiger partial charge in [0.1, 0.15) is 5.75 Å². The highest BCUT2D eigenvalue weighted by Crippen LogP contribution is 2.24. The Bertz CT molecular complexity index is 909. The second-order valence-electron chi connectivity index (χ2n) is 6.90. The number of ether oxygens (including phenoxy) is 1. The Morgan fingerprint density at radius 1 is 1.11 bits per heavy atom. The Morgan fingerprint density at radius 3 is 2.44 bits per heavy atom. The Kier molecular flexibility index (Phi) is 5.60. The van der Waals surface area contributed by atoms with Crippen LogP contribution < -0.4 is 4.74 Å². The quantitative estimate of drug-likeness (QED) is 0.669. The van der Waals surface area contributed by atoms with Crippen LogP contribution in [0.3, 0.4) is 0 Å². The molecule has 0 fully saturated rings. The minimum atomic E-state index is -0.0677. The minimum absolute atomic E-state index is 0.0219. The number of hydrogen-bond acceptors (Lipinski definition) is 3. The average molecular weight is 363 g/mol.